The first-order chi connectivity index (χ1) is 16.0. The summed E-state index contributed by atoms with van der Waals surface area (Å²) in [6.07, 6.45) is 3.43. The Morgan fingerprint density at radius 2 is 1.88 bits per heavy atom. The molecule has 2 unspecified atom stereocenters. The molecule has 170 valence electrons. The minimum Gasteiger partial charge on any atom is -0.461 e. The maximum absolute atomic E-state index is 14.0. The third-order valence-electron chi connectivity index (χ3n) is 7.01. The van der Waals surface area contributed by atoms with Gasteiger partial charge in [-0.25, -0.2) is 9.37 Å². The van der Waals surface area contributed by atoms with Gasteiger partial charge in [-0.15, -0.1) is 5.10 Å². The van der Waals surface area contributed by atoms with Crippen molar-refractivity contribution in [3.63, 3.8) is 0 Å². The molecular weight excluding hydrogens is 421 g/mol. The van der Waals surface area contributed by atoms with Crippen LogP contribution in [0.5, 0.6) is 0 Å². The van der Waals surface area contributed by atoms with Crippen LogP contribution in [0.4, 0.5) is 15.9 Å². The number of fused-ring (bicyclic) bond motifs is 4. The summed E-state index contributed by atoms with van der Waals surface area (Å²) in [6.45, 7) is 7.51. The number of morpholine rings is 1. The van der Waals surface area contributed by atoms with Gasteiger partial charge in [0.1, 0.15) is 11.8 Å². The Hall–Kier alpha value is -3.26. The molecule has 7 nitrogen and oxygen atoms in total. The maximum Gasteiger partial charge on any atom is 0.169 e. The summed E-state index contributed by atoms with van der Waals surface area (Å²) in [5, 5.41) is 13.7. The van der Waals surface area contributed by atoms with Crippen LogP contribution in [0, 0.1) is 19.7 Å². The van der Waals surface area contributed by atoms with Gasteiger partial charge in [-0.2, -0.15) is 5.10 Å². The van der Waals surface area contributed by atoms with E-state index in [4.69, 9.17) is 14.1 Å². The molecule has 2 saturated heterocycles. The average Bonchev–Trinajstić information content (AvgIpc) is 3.30. The first-order valence-electron chi connectivity index (χ1n) is 11.4. The number of halogens is 1. The Kier molecular flexibility index (Phi) is 4.72. The summed E-state index contributed by atoms with van der Waals surface area (Å²) in [5.74, 6) is 0.297. The molecule has 0 spiro atoms. The van der Waals surface area contributed by atoms with Gasteiger partial charge in [-0.05, 0) is 45.7 Å². The van der Waals surface area contributed by atoms with E-state index in [1.54, 1.807) is 6.07 Å². The van der Waals surface area contributed by atoms with Crippen molar-refractivity contribution in [2.24, 2.45) is 0 Å². The molecule has 1 N–H and O–H groups in total. The minimum absolute atomic E-state index is 0.177. The SMILES string of the molecule is Cc1nc2c(C)nnc(N[C@H](C)c3cccc4c(F)coc34)c2cc1N1C2CCC1COC2. The molecule has 2 bridgehead atoms. The van der Waals surface area contributed by atoms with Gasteiger partial charge in [0.25, 0.3) is 0 Å². The molecule has 2 fully saturated rings. The fourth-order valence-corrected chi connectivity index (χ4v) is 5.34. The number of aromatic nitrogens is 3. The van der Waals surface area contributed by atoms with Crippen molar-refractivity contribution >= 4 is 33.4 Å². The number of rotatable bonds is 4. The van der Waals surface area contributed by atoms with E-state index in [2.05, 4.69) is 33.4 Å². The number of nitrogens with zero attached hydrogens (tertiary/aromatic N) is 4. The number of hydrogen-bond donors (Lipinski definition) is 1. The van der Waals surface area contributed by atoms with E-state index < -0.39 is 0 Å². The zero-order valence-electron chi connectivity index (χ0n) is 18.9. The Labute approximate surface area is 191 Å². The summed E-state index contributed by atoms with van der Waals surface area (Å²) >= 11 is 0. The lowest BCUT2D eigenvalue weighted by molar-refractivity contribution is 0.0906. The fourth-order valence-electron chi connectivity index (χ4n) is 5.34. The number of ether oxygens (including phenoxy) is 1. The van der Waals surface area contributed by atoms with Gasteiger partial charge in [0.2, 0.25) is 0 Å². The molecule has 0 saturated carbocycles. The molecule has 33 heavy (non-hydrogen) atoms. The highest BCUT2D eigenvalue weighted by atomic mass is 19.1. The van der Waals surface area contributed by atoms with Gasteiger partial charge in [0.15, 0.2) is 11.6 Å². The molecule has 0 aliphatic carbocycles. The van der Waals surface area contributed by atoms with Crippen LogP contribution in [-0.2, 0) is 4.74 Å². The molecule has 1 aromatic carbocycles. The van der Waals surface area contributed by atoms with E-state index in [1.807, 2.05) is 26.0 Å². The summed E-state index contributed by atoms with van der Waals surface area (Å²) in [6, 6.07) is 8.29. The first kappa shape index (κ1) is 20.4. The fraction of sp³-hybridized carbons (Fsp3) is 0.400. The Balaban J connectivity index is 1.43. The molecule has 6 rings (SSSR count). The van der Waals surface area contributed by atoms with Crippen LogP contribution in [0.1, 0.15) is 42.8 Å². The van der Waals surface area contributed by atoms with Crippen molar-refractivity contribution in [2.45, 2.75) is 51.7 Å². The highest BCUT2D eigenvalue weighted by Crippen LogP contribution is 2.38. The summed E-state index contributed by atoms with van der Waals surface area (Å²) in [4.78, 5) is 7.43. The van der Waals surface area contributed by atoms with E-state index in [0.29, 0.717) is 28.9 Å². The third kappa shape index (κ3) is 3.23. The van der Waals surface area contributed by atoms with E-state index >= 15 is 0 Å². The van der Waals surface area contributed by atoms with Crippen LogP contribution in [0.2, 0.25) is 0 Å². The molecule has 0 amide bonds. The van der Waals surface area contributed by atoms with Crippen molar-refractivity contribution in [2.75, 3.05) is 23.4 Å². The second-order valence-electron chi connectivity index (χ2n) is 9.13. The Morgan fingerprint density at radius 3 is 2.67 bits per heavy atom. The largest absolute Gasteiger partial charge is 0.461 e. The number of nitrogens with one attached hydrogen (secondary N) is 1. The van der Waals surface area contributed by atoms with Gasteiger partial charge < -0.3 is 19.4 Å². The molecule has 8 heteroatoms. The molecular formula is C25H26FN5O2. The number of anilines is 2. The van der Waals surface area contributed by atoms with Crippen LogP contribution in [0.3, 0.4) is 0 Å². The van der Waals surface area contributed by atoms with E-state index in [0.717, 1.165) is 65.9 Å². The van der Waals surface area contributed by atoms with Gasteiger partial charge in [-0.1, -0.05) is 12.1 Å². The Morgan fingerprint density at radius 1 is 1.09 bits per heavy atom. The summed E-state index contributed by atoms with van der Waals surface area (Å²) in [7, 11) is 0. The lowest BCUT2D eigenvalue weighted by atomic mass is 10.1. The number of aryl methyl sites for hydroxylation is 2. The standard InChI is InChI=1S/C25H26FN5O2/c1-13(18-5-4-6-19-21(26)12-33-24(18)19)28-25-20-9-22(14(2)27-23(20)15(3)29-30-25)31-16-7-8-17(31)11-32-10-16/h4-6,9,12-13,16-17H,7-8,10-11H2,1-3H3,(H,28,30)/t13-,16?,17?/m1/s1. The summed E-state index contributed by atoms with van der Waals surface area (Å²) in [5.41, 5.74) is 5.16. The van der Waals surface area contributed by atoms with Gasteiger partial charge in [-0.3, -0.25) is 0 Å². The second-order valence-corrected chi connectivity index (χ2v) is 9.13. The van der Waals surface area contributed by atoms with Crippen molar-refractivity contribution in [1.82, 2.24) is 15.2 Å². The first-order valence-corrected chi connectivity index (χ1v) is 11.4. The quantitative estimate of drug-likeness (QED) is 0.468. The molecule has 2 aliphatic rings. The zero-order valence-corrected chi connectivity index (χ0v) is 18.9. The van der Waals surface area contributed by atoms with Crippen LogP contribution in [0.15, 0.2) is 34.9 Å². The normalized spacial score (nSPS) is 21.2. The smallest absolute Gasteiger partial charge is 0.169 e. The minimum atomic E-state index is -0.357. The highest BCUT2D eigenvalue weighted by molar-refractivity contribution is 5.93. The van der Waals surface area contributed by atoms with Crippen molar-refractivity contribution < 1.29 is 13.5 Å². The molecule has 3 atom stereocenters. The Bertz CT molecular complexity index is 1350. The van der Waals surface area contributed by atoms with E-state index in [1.165, 1.54) is 0 Å². The monoisotopic (exact) mass is 447 g/mol. The molecule has 5 heterocycles. The van der Waals surface area contributed by atoms with Crippen molar-refractivity contribution in [1.29, 1.82) is 0 Å². The van der Waals surface area contributed by atoms with Crippen LogP contribution in [-0.4, -0.2) is 40.5 Å². The van der Waals surface area contributed by atoms with E-state index in [9.17, 15) is 4.39 Å². The topological polar surface area (TPSA) is 76.3 Å². The van der Waals surface area contributed by atoms with Gasteiger partial charge in [0.05, 0.1) is 59.3 Å². The van der Waals surface area contributed by atoms with Crippen LogP contribution >= 0.6 is 0 Å². The van der Waals surface area contributed by atoms with Crippen molar-refractivity contribution in [3.05, 3.63) is 53.3 Å². The summed E-state index contributed by atoms with van der Waals surface area (Å²) < 4.78 is 25.3. The predicted molar refractivity (Wildman–Crippen MR) is 125 cm³/mol. The lowest BCUT2D eigenvalue weighted by Gasteiger charge is -2.37. The van der Waals surface area contributed by atoms with Crippen LogP contribution < -0.4 is 10.2 Å². The molecule has 3 aromatic heterocycles. The van der Waals surface area contributed by atoms with E-state index in [-0.39, 0.29) is 11.9 Å². The van der Waals surface area contributed by atoms with Gasteiger partial charge in [0, 0.05) is 10.9 Å². The number of furan rings is 1. The number of benzene rings is 1. The number of para-hydroxylation sites is 1. The zero-order chi connectivity index (χ0) is 22.7. The van der Waals surface area contributed by atoms with Gasteiger partial charge >= 0.3 is 0 Å². The molecule has 2 aliphatic heterocycles. The third-order valence-corrected chi connectivity index (χ3v) is 7.01. The average molecular weight is 448 g/mol. The number of pyridine rings is 1. The lowest BCUT2D eigenvalue weighted by Crippen LogP contribution is -2.46. The van der Waals surface area contributed by atoms with Crippen LogP contribution in [0.25, 0.3) is 21.9 Å². The molecule has 4 aromatic rings. The van der Waals surface area contributed by atoms with Crippen molar-refractivity contribution in [3.8, 4) is 0 Å². The number of hydrogen-bond acceptors (Lipinski definition) is 7. The maximum atomic E-state index is 14.0. The highest BCUT2D eigenvalue weighted by Gasteiger charge is 2.38. The second kappa shape index (κ2) is 7.66. The molecule has 0 radical (unpaired) electrons. The predicted octanol–water partition coefficient (Wildman–Crippen LogP) is 5.07.